The highest BCUT2D eigenvalue weighted by atomic mass is 19.1. The van der Waals surface area contributed by atoms with Crippen LogP contribution in [0.4, 0.5) is 8.78 Å². The van der Waals surface area contributed by atoms with Gasteiger partial charge in [-0.1, -0.05) is 0 Å². The monoisotopic (exact) mass is 280 g/mol. The first kappa shape index (κ1) is 15.8. The molecule has 2 aromatic rings. The summed E-state index contributed by atoms with van der Waals surface area (Å²) in [5, 5.41) is 8.55. The van der Waals surface area contributed by atoms with Crippen molar-refractivity contribution in [2.24, 2.45) is 0 Å². The van der Waals surface area contributed by atoms with Crippen molar-refractivity contribution in [3.05, 3.63) is 58.7 Å². The molecule has 2 heterocycles. The third-order valence-corrected chi connectivity index (χ3v) is 2.45. The number of nitrogens with zero attached hydrogens (tertiary/aromatic N) is 2. The van der Waals surface area contributed by atoms with Crippen molar-refractivity contribution in [3.63, 3.8) is 0 Å². The third-order valence-electron chi connectivity index (χ3n) is 2.45. The number of aldehydes is 1. The van der Waals surface area contributed by atoms with Crippen LogP contribution in [0.1, 0.15) is 27.3 Å². The molecule has 0 radical (unpaired) electrons. The van der Waals surface area contributed by atoms with Gasteiger partial charge in [0.05, 0.1) is 18.0 Å². The van der Waals surface area contributed by atoms with Crippen LogP contribution in [0.15, 0.2) is 24.5 Å². The number of aromatic nitrogens is 2. The highest BCUT2D eigenvalue weighted by Gasteiger charge is 1.98. The molecule has 0 aliphatic heterocycles. The summed E-state index contributed by atoms with van der Waals surface area (Å²) in [5.74, 6) is -0.809. The minimum atomic E-state index is -0.440. The number of pyridine rings is 2. The Morgan fingerprint density at radius 3 is 2.10 bits per heavy atom. The second-order valence-electron chi connectivity index (χ2n) is 4.02. The van der Waals surface area contributed by atoms with Gasteiger partial charge in [0, 0.05) is 18.0 Å². The van der Waals surface area contributed by atoms with E-state index in [0.717, 1.165) is 6.07 Å². The molecule has 20 heavy (non-hydrogen) atoms. The van der Waals surface area contributed by atoms with E-state index in [2.05, 4.69) is 9.97 Å². The zero-order chi connectivity index (χ0) is 15.1. The van der Waals surface area contributed by atoms with E-state index in [1.54, 1.807) is 13.8 Å². The molecule has 0 fully saturated rings. The van der Waals surface area contributed by atoms with Gasteiger partial charge in [-0.3, -0.25) is 14.8 Å². The molecule has 0 saturated heterocycles. The molecule has 1 N–H and O–H groups in total. The molecular formula is C14H14F2N2O2. The van der Waals surface area contributed by atoms with E-state index in [4.69, 9.17) is 5.11 Å². The van der Waals surface area contributed by atoms with Crippen LogP contribution in [-0.2, 0) is 6.61 Å². The summed E-state index contributed by atoms with van der Waals surface area (Å²) in [7, 11) is 0. The third kappa shape index (κ3) is 4.47. The van der Waals surface area contributed by atoms with Crippen LogP contribution in [0.2, 0.25) is 0 Å². The molecule has 0 aliphatic carbocycles. The van der Waals surface area contributed by atoms with Gasteiger partial charge in [-0.05, 0) is 31.5 Å². The fourth-order valence-electron chi connectivity index (χ4n) is 1.22. The van der Waals surface area contributed by atoms with Crippen LogP contribution in [-0.4, -0.2) is 21.4 Å². The Morgan fingerprint density at radius 2 is 1.65 bits per heavy atom. The van der Waals surface area contributed by atoms with Crippen molar-refractivity contribution in [1.29, 1.82) is 0 Å². The lowest BCUT2D eigenvalue weighted by atomic mass is 10.2. The first-order chi connectivity index (χ1) is 9.47. The van der Waals surface area contributed by atoms with Gasteiger partial charge in [-0.2, -0.15) is 0 Å². The van der Waals surface area contributed by atoms with E-state index >= 15 is 0 Å². The average molecular weight is 280 g/mol. The molecule has 0 amide bonds. The number of hydrogen-bond acceptors (Lipinski definition) is 4. The minimum absolute atomic E-state index is 0.163. The molecule has 0 spiro atoms. The Balaban J connectivity index is 0.000000200. The number of aliphatic hydroxyl groups is 1. The summed E-state index contributed by atoms with van der Waals surface area (Å²) in [5.41, 5.74) is 1.44. The van der Waals surface area contributed by atoms with Crippen molar-refractivity contribution < 1.29 is 18.7 Å². The number of carbonyl (C=O) groups excluding carboxylic acids is 1. The van der Waals surface area contributed by atoms with Crippen molar-refractivity contribution >= 4 is 6.29 Å². The fourth-order valence-corrected chi connectivity index (χ4v) is 1.22. The van der Waals surface area contributed by atoms with Crippen LogP contribution in [0, 0.1) is 25.5 Å². The van der Waals surface area contributed by atoms with E-state index in [1.807, 2.05) is 0 Å². The maximum absolute atomic E-state index is 12.6. The van der Waals surface area contributed by atoms with Crippen LogP contribution >= 0.6 is 0 Å². The van der Waals surface area contributed by atoms with Gasteiger partial charge in [0.15, 0.2) is 6.29 Å². The molecular weight excluding hydrogens is 266 g/mol. The molecule has 2 aromatic heterocycles. The summed E-state index contributed by atoms with van der Waals surface area (Å²) < 4.78 is 25.1. The molecule has 4 nitrogen and oxygen atoms in total. The maximum Gasteiger partial charge on any atom is 0.151 e. The lowest BCUT2D eigenvalue weighted by molar-refractivity contribution is 0.112. The van der Waals surface area contributed by atoms with Gasteiger partial charge in [-0.25, -0.2) is 8.78 Å². The van der Waals surface area contributed by atoms with Crippen molar-refractivity contribution in [2.75, 3.05) is 0 Å². The Kier molecular flexibility index (Phi) is 5.86. The summed E-state index contributed by atoms with van der Waals surface area (Å²) in [6.07, 6.45) is 3.36. The molecule has 0 unspecified atom stereocenters. The Morgan fingerprint density at radius 1 is 1.10 bits per heavy atom. The summed E-state index contributed by atoms with van der Waals surface area (Å²) in [6, 6.07) is 2.44. The standard InChI is InChI=1S/C7H8FNO.C7H6FNO/c2*1-5-7(8)2-6(4-10)3-9-5/h2-3,10H,4H2,1H3;2-4H,1H3. The Bertz CT molecular complexity index is 604. The number of halogens is 2. The number of aliphatic hydroxyl groups excluding tert-OH is 1. The second-order valence-corrected chi connectivity index (χ2v) is 4.02. The van der Waals surface area contributed by atoms with E-state index < -0.39 is 5.82 Å². The first-order valence-corrected chi connectivity index (χ1v) is 5.77. The highest BCUT2D eigenvalue weighted by molar-refractivity contribution is 5.73. The van der Waals surface area contributed by atoms with Gasteiger partial charge < -0.3 is 5.11 Å². The molecule has 0 aromatic carbocycles. The first-order valence-electron chi connectivity index (χ1n) is 5.77. The zero-order valence-corrected chi connectivity index (χ0v) is 11.1. The SMILES string of the molecule is Cc1ncc(C=O)cc1F.Cc1ncc(CO)cc1F. The van der Waals surface area contributed by atoms with E-state index in [9.17, 15) is 13.6 Å². The van der Waals surface area contributed by atoms with Gasteiger partial charge in [-0.15, -0.1) is 0 Å². The van der Waals surface area contributed by atoms with Crippen LogP contribution in [0.3, 0.4) is 0 Å². The number of rotatable bonds is 2. The average Bonchev–Trinajstić information content (AvgIpc) is 2.45. The van der Waals surface area contributed by atoms with Crippen LogP contribution in [0.5, 0.6) is 0 Å². The quantitative estimate of drug-likeness (QED) is 0.858. The summed E-state index contributed by atoms with van der Waals surface area (Å²) >= 11 is 0. The van der Waals surface area contributed by atoms with E-state index in [-0.39, 0.29) is 18.0 Å². The largest absolute Gasteiger partial charge is 0.392 e. The molecule has 0 saturated carbocycles. The van der Waals surface area contributed by atoms with E-state index in [1.165, 1.54) is 18.5 Å². The van der Waals surface area contributed by atoms with Crippen LogP contribution < -0.4 is 0 Å². The predicted molar refractivity (Wildman–Crippen MR) is 69.2 cm³/mol. The summed E-state index contributed by atoms with van der Waals surface area (Å²) in [6.45, 7) is 2.96. The maximum atomic E-state index is 12.6. The number of carbonyl (C=O) groups is 1. The molecule has 0 bridgehead atoms. The molecule has 6 heteroatoms. The topological polar surface area (TPSA) is 63.1 Å². The predicted octanol–water partition coefficient (Wildman–Crippen LogP) is 2.36. The fraction of sp³-hybridized carbons (Fsp3) is 0.214. The smallest absolute Gasteiger partial charge is 0.151 e. The van der Waals surface area contributed by atoms with Gasteiger partial charge in [0.1, 0.15) is 11.6 Å². The van der Waals surface area contributed by atoms with Gasteiger partial charge >= 0.3 is 0 Å². The van der Waals surface area contributed by atoms with E-state index in [0.29, 0.717) is 23.2 Å². The molecule has 106 valence electrons. The van der Waals surface area contributed by atoms with Crippen molar-refractivity contribution in [3.8, 4) is 0 Å². The Hall–Kier alpha value is -2.21. The number of hydrogen-bond donors (Lipinski definition) is 1. The van der Waals surface area contributed by atoms with Crippen molar-refractivity contribution in [1.82, 2.24) is 9.97 Å². The van der Waals surface area contributed by atoms with Gasteiger partial charge in [0.2, 0.25) is 0 Å². The normalized spacial score (nSPS) is 9.65. The zero-order valence-electron chi connectivity index (χ0n) is 11.1. The van der Waals surface area contributed by atoms with Gasteiger partial charge in [0.25, 0.3) is 0 Å². The summed E-state index contributed by atoms with van der Waals surface area (Å²) in [4.78, 5) is 17.4. The molecule has 0 aliphatic rings. The second kappa shape index (κ2) is 7.40. The highest BCUT2D eigenvalue weighted by Crippen LogP contribution is 2.05. The molecule has 2 rings (SSSR count). The lowest BCUT2D eigenvalue weighted by Crippen LogP contribution is -1.91. The van der Waals surface area contributed by atoms with Crippen LogP contribution in [0.25, 0.3) is 0 Å². The van der Waals surface area contributed by atoms with Crippen molar-refractivity contribution in [2.45, 2.75) is 20.5 Å². The molecule has 0 atom stereocenters. The minimum Gasteiger partial charge on any atom is -0.392 e. The Labute approximate surface area is 115 Å². The number of aryl methyl sites for hydroxylation is 2. The lowest BCUT2D eigenvalue weighted by Gasteiger charge is -1.96.